The number of hydrogen-bond donors (Lipinski definition) is 0. The maximum atomic E-state index is 12.1. The smallest absolute Gasteiger partial charge is 0.155 e. The molecule has 8 heteroatoms. The summed E-state index contributed by atoms with van der Waals surface area (Å²) >= 11 is 2.97. The molecule has 0 rings (SSSR count). The highest BCUT2D eigenvalue weighted by molar-refractivity contribution is 9.09. The molecule has 0 aliphatic heterocycles. The van der Waals surface area contributed by atoms with E-state index in [1.54, 1.807) is 0 Å². The summed E-state index contributed by atoms with van der Waals surface area (Å²) in [5, 5.41) is 0.238. The van der Waals surface area contributed by atoms with Gasteiger partial charge in [-0.15, -0.1) is 4.90 Å². The number of halogens is 7. The fraction of sp³-hybridized carbons (Fsp3) is 0.750. The van der Waals surface area contributed by atoms with E-state index in [-0.39, 0.29) is 10.9 Å². The lowest BCUT2D eigenvalue weighted by Gasteiger charge is -2.27. The van der Waals surface area contributed by atoms with Gasteiger partial charge in [-0.1, -0.05) is 27.1 Å². The predicted octanol–water partition coefficient (Wildman–Crippen LogP) is 4.06. The van der Waals surface area contributed by atoms with Gasteiger partial charge in [0.2, 0.25) is 0 Å². The maximum Gasteiger partial charge on any atom is 0.467 e. The van der Waals surface area contributed by atoms with Gasteiger partial charge in [0.25, 0.3) is 0 Å². The molecule has 96 valence electrons. The van der Waals surface area contributed by atoms with Crippen LogP contribution < -0.4 is 0 Å². The van der Waals surface area contributed by atoms with E-state index in [9.17, 15) is 26.3 Å². The van der Waals surface area contributed by atoms with Crippen molar-refractivity contribution in [2.24, 2.45) is 0 Å². The predicted molar refractivity (Wildman–Crippen MR) is 51.0 cm³/mol. The molecular formula is C8H10BrF6N. The average molecular weight is 314 g/mol. The van der Waals surface area contributed by atoms with Gasteiger partial charge in [-0.2, -0.15) is 26.3 Å². The van der Waals surface area contributed by atoms with E-state index in [4.69, 9.17) is 0 Å². The van der Waals surface area contributed by atoms with Crippen molar-refractivity contribution >= 4 is 15.9 Å². The minimum absolute atomic E-state index is 0.0338. The number of nitrogens with zero attached hydrogens (tertiary/aromatic N) is 1. The molecule has 0 aromatic rings. The van der Waals surface area contributed by atoms with Crippen LogP contribution in [0.1, 0.15) is 13.8 Å². The Hall–Kier alpha value is -0.240. The van der Waals surface area contributed by atoms with Crippen LogP contribution in [0.25, 0.3) is 0 Å². The second-order valence-corrected chi connectivity index (χ2v) is 3.78. The second kappa shape index (κ2) is 5.39. The summed E-state index contributed by atoms with van der Waals surface area (Å²) in [5.41, 5.74) is 0.477. The van der Waals surface area contributed by atoms with Crippen LogP contribution in [-0.4, -0.2) is 29.4 Å². The van der Waals surface area contributed by atoms with Crippen molar-refractivity contribution < 1.29 is 26.3 Å². The molecule has 0 N–H and O–H groups in total. The molecular weight excluding hydrogens is 304 g/mol. The summed E-state index contributed by atoms with van der Waals surface area (Å²) in [6.45, 7) is 1.50. The van der Waals surface area contributed by atoms with E-state index in [1.807, 2.05) is 0 Å². The van der Waals surface area contributed by atoms with Gasteiger partial charge in [0.15, 0.2) is 0 Å². The fourth-order valence-electron chi connectivity index (χ4n) is 0.809. The standard InChI is InChI=1S/C8H10BrF6N/c1-5(3-9)6(2)4-16(7(10,11)12)8(13,14)15/h3-4H2,1-2H3/b6-5+. The molecule has 0 aliphatic carbocycles. The zero-order chi connectivity index (χ0) is 13.1. The second-order valence-electron chi connectivity index (χ2n) is 3.22. The molecule has 0 heterocycles. The van der Waals surface area contributed by atoms with Gasteiger partial charge in [-0.3, -0.25) is 0 Å². The Labute approximate surface area is 97.2 Å². The topological polar surface area (TPSA) is 3.24 Å². The summed E-state index contributed by atoms with van der Waals surface area (Å²) in [6, 6.07) is 0. The van der Waals surface area contributed by atoms with Crippen molar-refractivity contribution in [3.05, 3.63) is 11.1 Å². The molecule has 0 aromatic heterocycles. The first-order valence-corrected chi connectivity index (χ1v) is 5.24. The van der Waals surface area contributed by atoms with Crippen LogP contribution in [0.2, 0.25) is 0 Å². The first kappa shape index (κ1) is 15.8. The highest BCUT2D eigenvalue weighted by atomic mass is 79.9. The molecule has 0 aromatic carbocycles. The van der Waals surface area contributed by atoms with Crippen molar-refractivity contribution in [3.63, 3.8) is 0 Å². The average Bonchev–Trinajstić information content (AvgIpc) is 2.08. The number of alkyl halides is 7. The third-order valence-electron chi connectivity index (χ3n) is 1.94. The van der Waals surface area contributed by atoms with Crippen LogP contribution in [0.15, 0.2) is 11.1 Å². The van der Waals surface area contributed by atoms with Crippen molar-refractivity contribution in [3.8, 4) is 0 Å². The van der Waals surface area contributed by atoms with Crippen LogP contribution in [-0.2, 0) is 0 Å². The summed E-state index contributed by atoms with van der Waals surface area (Å²) in [5.74, 6) is 0. The summed E-state index contributed by atoms with van der Waals surface area (Å²) in [4.78, 5) is -1.44. The number of allylic oxidation sites excluding steroid dienone is 1. The Morgan fingerprint density at radius 2 is 1.31 bits per heavy atom. The number of rotatable bonds is 3. The Morgan fingerprint density at radius 3 is 1.56 bits per heavy atom. The fourth-order valence-corrected chi connectivity index (χ4v) is 1.29. The highest BCUT2D eigenvalue weighted by Crippen LogP contribution is 2.34. The molecule has 0 atom stereocenters. The largest absolute Gasteiger partial charge is 0.467 e. The van der Waals surface area contributed by atoms with Crippen LogP contribution in [0, 0.1) is 0 Å². The summed E-state index contributed by atoms with van der Waals surface area (Å²) in [7, 11) is 0. The van der Waals surface area contributed by atoms with E-state index < -0.39 is 24.0 Å². The van der Waals surface area contributed by atoms with Crippen molar-refractivity contribution in [2.75, 3.05) is 11.9 Å². The lowest BCUT2D eigenvalue weighted by molar-refractivity contribution is -0.370. The lowest BCUT2D eigenvalue weighted by Crippen LogP contribution is -2.48. The minimum Gasteiger partial charge on any atom is -0.155 e. The van der Waals surface area contributed by atoms with Gasteiger partial charge >= 0.3 is 12.6 Å². The Balaban J connectivity index is 4.99. The van der Waals surface area contributed by atoms with Crippen molar-refractivity contribution in [1.82, 2.24) is 4.90 Å². The number of hydrogen-bond acceptors (Lipinski definition) is 1. The van der Waals surface area contributed by atoms with Crippen molar-refractivity contribution in [1.29, 1.82) is 0 Å². The third-order valence-corrected chi connectivity index (χ3v) is 2.78. The Kier molecular flexibility index (Phi) is 5.31. The van der Waals surface area contributed by atoms with Gasteiger partial charge in [-0.05, 0) is 13.8 Å². The normalized spacial score (nSPS) is 15.4. The molecule has 0 bridgehead atoms. The van der Waals surface area contributed by atoms with Gasteiger partial charge in [0.05, 0.1) is 0 Å². The SMILES string of the molecule is C/C(CBr)=C(/C)CN(C(F)(F)F)C(F)(F)F. The highest BCUT2D eigenvalue weighted by Gasteiger charge is 2.53. The molecule has 0 radical (unpaired) electrons. The van der Waals surface area contributed by atoms with E-state index >= 15 is 0 Å². The Bertz CT molecular complexity index is 253. The lowest BCUT2D eigenvalue weighted by atomic mass is 10.2. The van der Waals surface area contributed by atoms with E-state index in [1.165, 1.54) is 13.8 Å². The van der Waals surface area contributed by atoms with E-state index in [0.717, 1.165) is 0 Å². The van der Waals surface area contributed by atoms with Gasteiger partial charge < -0.3 is 0 Å². The summed E-state index contributed by atoms with van der Waals surface area (Å²) < 4.78 is 72.7. The molecule has 0 saturated heterocycles. The van der Waals surface area contributed by atoms with E-state index in [2.05, 4.69) is 15.9 Å². The third kappa shape index (κ3) is 4.73. The maximum absolute atomic E-state index is 12.1. The van der Waals surface area contributed by atoms with Gasteiger partial charge in [0.1, 0.15) is 0 Å². The van der Waals surface area contributed by atoms with Crippen LogP contribution in [0.5, 0.6) is 0 Å². The zero-order valence-electron chi connectivity index (χ0n) is 8.51. The molecule has 0 amide bonds. The van der Waals surface area contributed by atoms with Gasteiger partial charge in [0, 0.05) is 11.9 Å². The molecule has 0 fully saturated rings. The summed E-state index contributed by atoms with van der Waals surface area (Å²) in [6.07, 6.45) is -10.8. The zero-order valence-corrected chi connectivity index (χ0v) is 10.1. The molecule has 0 unspecified atom stereocenters. The van der Waals surface area contributed by atoms with Crippen LogP contribution in [0.3, 0.4) is 0 Å². The molecule has 1 nitrogen and oxygen atoms in total. The molecule has 0 saturated carbocycles. The van der Waals surface area contributed by atoms with E-state index in [0.29, 0.717) is 5.57 Å². The van der Waals surface area contributed by atoms with Crippen molar-refractivity contribution in [2.45, 2.75) is 26.4 Å². The molecule has 16 heavy (non-hydrogen) atoms. The van der Waals surface area contributed by atoms with Crippen LogP contribution >= 0.6 is 15.9 Å². The minimum atomic E-state index is -5.42. The van der Waals surface area contributed by atoms with Crippen LogP contribution in [0.4, 0.5) is 26.3 Å². The Morgan fingerprint density at radius 1 is 0.938 bits per heavy atom. The van der Waals surface area contributed by atoms with Gasteiger partial charge in [-0.25, -0.2) is 0 Å². The first-order chi connectivity index (χ1) is 7.00. The quantitative estimate of drug-likeness (QED) is 0.329. The monoisotopic (exact) mass is 313 g/mol. The molecule has 0 spiro atoms. The molecule has 0 aliphatic rings. The first-order valence-electron chi connectivity index (χ1n) is 4.12.